The van der Waals surface area contributed by atoms with Crippen molar-refractivity contribution in [2.24, 2.45) is 0 Å². The molecule has 0 aliphatic heterocycles. The van der Waals surface area contributed by atoms with E-state index >= 15 is 0 Å². The highest BCUT2D eigenvalue weighted by Crippen LogP contribution is 2.15. The van der Waals surface area contributed by atoms with Crippen LogP contribution in [0.5, 0.6) is 0 Å². The first-order valence-corrected chi connectivity index (χ1v) is 6.31. The topological polar surface area (TPSA) is 50.7 Å². The Labute approximate surface area is 113 Å². The Hall–Kier alpha value is -1.17. The Morgan fingerprint density at radius 1 is 1.37 bits per heavy atom. The van der Waals surface area contributed by atoms with Gasteiger partial charge in [-0.15, -0.1) is 0 Å². The Morgan fingerprint density at radius 3 is 2.74 bits per heavy atom. The van der Waals surface area contributed by atoms with E-state index in [1.165, 1.54) is 12.1 Å². The number of rotatable bonds is 8. The summed E-state index contributed by atoms with van der Waals surface area (Å²) in [5, 5.41) is 12.8. The molecule has 1 aromatic carbocycles. The largest absolute Gasteiger partial charge is 0.389 e. The zero-order chi connectivity index (χ0) is 14.3. The maximum atomic E-state index is 12.9. The van der Waals surface area contributed by atoms with Gasteiger partial charge in [-0.05, 0) is 37.6 Å². The normalized spacial score (nSPS) is 14.2. The van der Waals surface area contributed by atoms with Gasteiger partial charge in [0.2, 0.25) is 0 Å². The third-order valence-electron chi connectivity index (χ3n) is 2.69. The lowest BCUT2D eigenvalue weighted by Crippen LogP contribution is -2.28. The van der Waals surface area contributed by atoms with E-state index in [0.717, 1.165) is 11.3 Å². The highest BCUT2D eigenvalue weighted by Gasteiger charge is 2.08. The van der Waals surface area contributed by atoms with Gasteiger partial charge in [-0.3, -0.25) is 0 Å². The van der Waals surface area contributed by atoms with E-state index in [0.29, 0.717) is 13.2 Å². The minimum absolute atomic E-state index is 0.0489. The molecule has 0 spiro atoms. The molecule has 0 aliphatic carbocycles. The smallest absolute Gasteiger partial charge is 0.123 e. The first kappa shape index (κ1) is 15.9. The van der Waals surface area contributed by atoms with Crippen molar-refractivity contribution in [3.05, 3.63) is 29.6 Å². The maximum Gasteiger partial charge on any atom is 0.123 e. The zero-order valence-electron chi connectivity index (χ0n) is 11.6. The van der Waals surface area contributed by atoms with Crippen molar-refractivity contribution >= 4 is 5.69 Å². The summed E-state index contributed by atoms with van der Waals surface area (Å²) in [6, 6.07) is 4.50. The molecule has 0 amide bonds. The minimum atomic E-state index is -0.622. The lowest BCUT2D eigenvalue weighted by Gasteiger charge is -2.17. The fourth-order valence-electron chi connectivity index (χ4n) is 1.67. The maximum absolute atomic E-state index is 12.9. The Morgan fingerprint density at radius 2 is 2.11 bits per heavy atom. The van der Waals surface area contributed by atoms with Crippen molar-refractivity contribution in [2.45, 2.75) is 26.1 Å². The van der Waals surface area contributed by atoms with Crippen molar-refractivity contribution in [3.8, 4) is 0 Å². The molecule has 0 saturated carbocycles. The third-order valence-corrected chi connectivity index (χ3v) is 2.69. The molecule has 0 saturated heterocycles. The molecule has 0 radical (unpaired) electrons. The highest BCUT2D eigenvalue weighted by molar-refractivity contribution is 5.50. The van der Waals surface area contributed by atoms with Crippen LogP contribution >= 0.6 is 0 Å². The molecule has 0 fully saturated rings. The fourth-order valence-corrected chi connectivity index (χ4v) is 1.67. The lowest BCUT2D eigenvalue weighted by molar-refractivity contribution is -0.0282. The average Bonchev–Trinajstić information content (AvgIpc) is 2.35. The molecule has 0 aliphatic rings. The average molecular weight is 271 g/mol. The summed E-state index contributed by atoms with van der Waals surface area (Å²) >= 11 is 0. The second kappa shape index (κ2) is 8.09. The Bertz CT molecular complexity index is 387. The number of halogens is 1. The molecule has 2 unspecified atom stereocenters. The van der Waals surface area contributed by atoms with Crippen LogP contribution in [0.1, 0.15) is 12.5 Å². The van der Waals surface area contributed by atoms with Gasteiger partial charge in [-0.25, -0.2) is 4.39 Å². The van der Waals surface area contributed by atoms with Crippen LogP contribution in [0.4, 0.5) is 10.1 Å². The molecular formula is C14H22FNO3. The second-order valence-electron chi connectivity index (χ2n) is 4.59. The van der Waals surface area contributed by atoms with Crippen LogP contribution < -0.4 is 5.32 Å². The summed E-state index contributed by atoms with van der Waals surface area (Å²) in [6.07, 6.45) is -0.670. The number of hydrogen-bond donors (Lipinski definition) is 2. The SMILES string of the molecule is COCC(C)OCC(O)CNc1ccc(F)cc1C. The number of hydrogen-bond acceptors (Lipinski definition) is 4. The molecule has 2 atom stereocenters. The first-order valence-electron chi connectivity index (χ1n) is 6.31. The number of aliphatic hydroxyl groups is 1. The number of anilines is 1. The van der Waals surface area contributed by atoms with Gasteiger partial charge in [0.1, 0.15) is 5.82 Å². The molecule has 2 N–H and O–H groups in total. The highest BCUT2D eigenvalue weighted by atomic mass is 19.1. The fraction of sp³-hybridized carbons (Fsp3) is 0.571. The van der Waals surface area contributed by atoms with Crippen LogP contribution in [-0.4, -0.2) is 44.2 Å². The van der Waals surface area contributed by atoms with Gasteiger partial charge >= 0.3 is 0 Å². The first-order chi connectivity index (χ1) is 9.02. The van der Waals surface area contributed by atoms with Gasteiger partial charge in [-0.2, -0.15) is 0 Å². The molecule has 0 aromatic heterocycles. The Balaban J connectivity index is 2.31. The van der Waals surface area contributed by atoms with Gasteiger partial charge in [-0.1, -0.05) is 0 Å². The van der Waals surface area contributed by atoms with Gasteiger partial charge < -0.3 is 19.9 Å². The molecule has 108 valence electrons. The van der Waals surface area contributed by atoms with Gasteiger partial charge in [0.05, 0.1) is 25.4 Å². The molecule has 1 rings (SSSR count). The van der Waals surface area contributed by atoms with Crippen molar-refractivity contribution in [3.63, 3.8) is 0 Å². The van der Waals surface area contributed by atoms with Crippen molar-refractivity contribution < 1.29 is 19.0 Å². The molecular weight excluding hydrogens is 249 g/mol. The van der Waals surface area contributed by atoms with Crippen LogP contribution in [0.3, 0.4) is 0 Å². The number of aliphatic hydroxyl groups excluding tert-OH is 1. The molecule has 5 heteroatoms. The lowest BCUT2D eigenvalue weighted by atomic mass is 10.2. The zero-order valence-corrected chi connectivity index (χ0v) is 11.6. The van der Waals surface area contributed by atoms with E-state index in [9.17, 15) is 9.50 Å². The number of ether oxygens (including phenoxy) is 2. The summed E-state index contributed by atoms with van der Waals surface area (Å²) in [7, 11) is 1.61. The summed E-state index contributed by atoms with van der Waals surface area (Å²) < 4.78 is 23.3. The molecule has 19 heavy (non-hydrogen) atoms. The summed E-state index contributed by atoms with van der Waals surface area (Å²) in [5.41, 5.74) is 1.62. The predicted octanol–water partition coefficient (Wildman–Crippen LogP) is 1.96. The number of nitrogens with one attached hydrogen (secondary N) is 1. The summed E-state index contributed by atoms with van der Waals surface area (Å²) in [4.78, 5) is 0. The number of aryl methyl sites for hydroxylation is 1. The van der Waals surface area contributed by atoms with E-state index in [1.807, 2.05) is 13.8 Å². The van der Waals surface area contributed by atoms with Gasteiger partial charge in [0.15, 0.2) is 0 Å². The van der Waals surface area contributed by atoms with E-state index < -0.39 is 6.10 Å². The second-order valence-corrected chi connectivity index (χ2v) is 4.59. The van der Waals surface area contributed by atoms with Crippen LogP contribution in [0, 0.1) is 12.7 Å². The van der Waals surface area contributed by atoms with E-state index in [4.69, 9.17) is 9.47 Å². The van der Waals surface area contributed by atoms with Crippen LogP contribution in [-0.2, 0) is 9.47 Å². The van der Waals surface area contributed by atoms with E-state index in [1.54, 1.807) is 13.2 Å². The van der Waals surface area contributed by atoms with Crippen molar-refractivity contribution in [1.82, 2.24) is 0 Å². The van der Waals surface area contributed by atoms with Crippen LogP contribution in [0.2, 0.25) is 0 Å². The summed E-state index contributed by atoms with van der Waals surface area (Å²) in [6.45, 7) is 4.78. The van der Waals surface area contributed by atoms with Crippen LogP contribution in [0.25, 0.3) is 0 Å². The quantitative estimate of drug-likeness (QED) is 0.759. The van der Waals surface area contributed by atoms with E-state index in [2.05, 4.69) is 5.32 Å². The third kappa shape index (κ3) is 6.00. The monoisotopic (exact) mass is 271 g/mol. The van der Waals surface area contributed by atoms with Gasteiger partial charge in [0, 0.05) is 19.3 Å². The standard InChI is InChI=1S/C14H22FNO3/c1-10-6-12(15)4-5-14(10)16-7-13(17)9-19-11(2)8-18-3/h4-6,11,13,16-17H,7-9H2,1-3H3. The van der Waals surface area contributed by atoms with Crippen molar-refractivity contribution in [1.29, 1.82) is 0 Å². The Kier molecular flexibility index (Phi) is 6.77. The molecule has 4 nitrogen and oxygen atoms in total. The predicted molar refractivity (Wildman–Crippen MR) is 72.9 cm³/mol. The van der Waals surface area contributed by atoms with Crippen LogP contribution in [0.15, 0.2) is 18.2 Å². The number of benzene rings is 1. The minimum Gasteiger partial charge on any atom is -0.389 e. The summed E-state index contributed by atoms with van der Waals surface area (Å²) in [5.74, 6) is -0.264. The van der Waals surface area contributed by atoms with E-state index in [-0.39, 0.29) is 18.5 Å². The molecule has 0 bridgehead atoms. The molecule has 1 aromatic rings. The molecule has 0 heterocycles. The van der Waals surface area contributed by atoms with Gasteiger partial charge in [0.25, 0.3) is 0 Å². The van der Waals surface area contributed by atoms with Crippen molar-refractivity contribution in [2.75, 3.05) is 32.2 Å². The number of methoxy groups -OCH3 is 1.